The highest BCUT2D eigenvalue weighted by Gasteiger charge is 2.17. The second-order valence-electron chi connectivity index (χ2n) is 5.10. The number of nitrogens with zero attached hydrogens (tertiary/aromatic N) is 3. The number of nitrogen functional groups attached to an aromatic ring is 1. The first-order valence-electron chi connectivity index (χ1n) is 6.79. The van der Waals surface area contributed by atoms with Crippen molar-refractivity contribution in [3.8, 4) is 5.69 Å². The number of rotatable bonds is 2. The van der Waals surface area contributed by atoms with Crippen LogP contribution < -0.4 is 5.73 Å². The summed E-state index contributed by atoms with van der Waals surface area (Å²) in [6.45, 7) is 6.03. The Kier molecular flexibility index (Phi) is 3.37. The highest BCUT2D eigenvalue weighted by atomic mass is 32.2. The van der Waals surface area contributed by atoms with Gasteiger partial charge in [0.05, 0.1) is 5.39 Å². The van der Waals surface area contributed by atoms with E-state index in [4.69, 9.17) is 5.73 Å². The molecule has 3 aromatic rings. The lowest BCUT2D eigenvalue weighted by Gasteiger charge is -2.09. The smallest absolute Gasteiger partial charge is 0.150 e. The standard InChI is InChI=1S/C16H18N4S/c1-9-10(2)20(12-5-7-13(21-4)8-6-12)16-14(9)15(17)18-11(3)19-16/h5-8H,1-4H3,(H2,17,18,19). The van der Waals surface area contributed by atoms with Crippen molar-refractivity contribution in [2.24, 2.45) is 0 Å². The molecular formula is C16H18N4S. The molecule has 108 valence electrons. The molecule has 0 atom stereocenters. The SMILES string of the molecule is CSc1ccc(-n2c(C)c(C)c3c(N)nc(C)nc32)cc1. The fraction of sp³-hybridized carbons (Fsp3) is 0.250. The van der Waals surface area contributed by atoms with Gasteiger partial charge in [0.1, 0.15) is 11.6 Å². The first-order chi connectivity index (χ1) is 10.0. The summed E-state index contributed by atoms with van der Waals surface area (Å²) < 4.78 is 2.15. The lowest BCUT2D eigenvalue weighted by molar-refractivity contribution is 0.993. The number of nitrogens with two attached hydrogens (primary N) is 1. The monoisotopic (exact) mass is 298 g/mol. The van der Waals surface area contributed by atoms with E-state index in [1.807, 2.05) is 6.92 Å². The number of fused-ring (bicyclic) bond motifs is 1. The lowest BCUT2D eigenvalue weighted by Crippen LogP contribution is -2.01. The zero-order valence-corrected chi connectivity index (χ0v) is 13.5. The van der Waals surface area contributed by atoms with E-state index in [1.54, 1.807) is 11.8 Å². The van der Waals surface area contributed by atoms with E-state index in [9.17, 15) is 0 Å². The summed E-state index contributed by atoms with van der Waals surface area (Å²) >= 11 is 1.74. The van der Waals surface area contributed by atoms with Crippen molar-refractivity contribution in [3.05, 3.63) is 41.3 Å². The normalized spacial score (nSPS) is 11.2. The van der Waals surface area contributed by atoms with Gasteiger partial charge in [-0.25, -0.2) is 9.97 Å². The van der Waals surface area contributed by atoms with Crippen LogP contribution in [0.25, 0.3) is 16.7 Å². The topological polar surface area (TPSA) is 56.7 Å². The summed E-state index contributed by atoms with van der Waals surface area (Å²) in [7, 11) is 0. The average Bonchev–Trinajstić information content (AvgIpc) is 2.71. The van der Waals surface area contributed by atoms with Gasteiger partial charge in [-0.05, 0) is 56.9 Å². The summed E-state index contributed by atoms with van der Waals surface area (Å²) in [5.74, 6) is 1.25. The van der Waals surface area contributed by atoms with E-state index in [0.29, 0.717) is 11.6 Å². The van der Waals surface area contributed by atoms with Crippen molar-refractivity contribution >= 4 is 28.6 Å². The van der Waals surface area contributed by atoms with Gasteiger partial charge in [0.15, 0.2) is 5.65 Å². The number of anilines is 1. The summed E-state index contributed by atoms with van der Waals surface area (Å²) in [6.07, 6.45) is 2.08. The van der Waals surface area contributed by atoms with Gasteiger partial charge in [-0.1, -0.05) is 0 Å². The predicted molar refractivity (Wildman–Crippen MR) is 89.3 cm³/mol. The minimum atomic E-state index is 0.553. The van der Waals surface area contributed by atoms with Crippen molar-refractivity contribution in [3.63, 3.8) is 0 Å². The van der Waals surface area contributed by atoms with Gasteiger partial charge in [0.25, 0.3) is 0 Å². The molecule has 0 aliphatic heterocycles. The first-order valence-corrected chi connectivity index (χ1v) is 8.01. The molecule has 4 nitrogen and oxygen atoms in total. The molecule has 0 fully saturated rings. The third-order valence-corrected chi connectivity index (χ3v) is 4.57. The van der Waals surface area contributed by atoms with Gasteiger partial charge < -0.3 is 5.73 Å². The van der Waals surface area contributed by atoms with E-state index >= 15 is 0 Å². The molecule has 0 saturated carbocycles. The van der Waals surface area contributed by atoms with Crippen LogP contribution >= 0.6 is 11.8 Å². The predicted octanol–water partition coefficient (Wildman–Crippen LogP) is 3.65. The number of thioether (sulfide) groups is 1. The molecule has 0 aliphatic rings. The Hall–Kier alpha value is -2.01. The van der Waals surface area contributed by atoms with Crippen LogP contribution in [0, 0.1) is 20.8 Å². The van der Waals surface area contributed by atoms with E-state index < -0.39 is 0 Å². The molecule has 0 saturated heterocycles. The van der Waals surface area contributed by atoms with Crippen LogP contribution in [0.15, 0.2) is 29.2 Å². The number of aryl methyl sites for hydroxylation is 2. The molecule has 0 spiro atoms. The highest BCUT2D eigenvalue weighted by Crippen LogP contribution is 2.31. The lowest BCUT2D eigenvalue weighted by atomic mass is 10.2. The molecule has 3 rings (SSSR count). The Bertz CT molecular complexity index is 819. The molecule has 0 amide bonds. The van der Waals surface area contributed by atoms with E-state index in [-0.39, 0.29) is 0 Å². The fourth-order valence-electron chi connectivity index (χ4n) is 2.66. The van der Waals surface area contributed by atoms with Gasteiger partial charge in [-0.15, -0.1) is 11.8 Å². The molecule has 0 radical (unpaired) electrons. The number of benzene rings is 1. The second kappa shape index (κ2) is 5.07. The van der Waals surface area contributed by atoms with Crippen molar-refractivity contribution in [2.75, 3.05) is 12.0 Å². The maximum atomic E-state index is 6.10. The Morgan fingerprint density at radius 1 is 1.05 bits per heavy atom. The molecule has 5 heteroatoms. The van der Waals surface area contributed by atoms with Gasteiger partial charge in [-0.2, -0.15) is 0 Å². The van der Waals surface area contributed by atoms with Crippen molar-refractivity contribution in [1.29, 1.82) is 0 Å². The van der Waals surface area contributed by atoms with Gasteiger partial charge in [0, 0.05) is 16.3 Å². The maximum absolute atomic E-state index is 6.10. The zero-order chi connectivity index (χ0) is 15.1. The van der Waals surface area contributed by atoms with E-state index in [0.717, 1.165) is 28.0 Å². The van der Waals surface area contributed by atoms with Gasteiger partial charge in [-0.3, -0.25) is 4.57 Å². The van der Waals surface area contributed by atoms with Crippen LogP contribution in [-0.2, 0) is 0 Å². The molecule has 2 aromatic heterocycles. The fourth-order valence-corrected chi connectivity index (χ4v) is 3.06. The molecule has 2 heterocycles. The van der Waals surface area contributed by atoms with Crippen LogP contribution in [-0.4, -0.2) is 20.8 Å². The Morgan fingerprint density at radius 3 is 2.33 bits per heavy atom. The van der Waals surface area contributed by atoms with Crippen LogP contribution in [0.4, 0.5) is 5.82 Å². The largest absolute Gasteiger partial charge is 0.383 e. The van der Waals surface area contributed by atoms with Crippen LogP contribution in [0.1, 0.15) is 17.1 Å². The summed E-state index contributed by atoms with van der Waals surface area (Å²) in [6, 6.07) is 8.48. The maximum Gasteiger partial charge on any atom is 0.150 e. The van der Waals surface area contributed by atoms with Crippen molar-refractivity contribution in [1.82, 2.24) is 14.5 Å². The van der Waals surface area contributed by atoms with E-state index in [2.05, 4.69) is 58.9 Å². The Morgan fingerprint density at radius 2 is 1.71 bits per heavy atom. The molecule has 0 bridgehead atoms. The Labute approximate surface area is 128 Å². The minimum Gasteiger partial charge on any atom is -0.383 e. The summed E-state index contributed by atoms with van der Waals surface area (Å²) in [4.78, 5) is 10.1. The first kappa shape index (κ1) is 13.9. The molecule has 0 aliphatic carbocycles. The Balaban J connectivity index is 2.33. The molecule has 21 heavy (non-hydrogen) atoms. The number of aromatic nitrogens is 3. The van der Waals surface area contributed by atoms with Gasteiger partial charge >= 0.3 is 0 Å². The second-order valence-corrected chi connectivity index (χ2v) is 5.98. The molecule has 2 N–H and O–H groups in total. The highest BCUT2D eigenvalue weighted by molar-refractivity contribution is 7.98. The quantitative estimate of drug-likeness (QED) is 0.734. The third kappa shape index (κ3) is 2.17. The molecule has 1 aromatic carbocycles. The number of hydrogen-bond donors (Lipinski definition) is 1. The average molecular weight is 298 g/mol. The summed E-state index contributed by atoms with van der Waals surface area (Å²) in [5, 5.41) is 0.951. The summed E-state index contributed by atoms with van der Waals surface area (Å²) in [5.41, 5.74) is 10.4. The minimum absolute atomic E-state index is 0.553. The zero-order valence-electron chi connectivity index (χ0n) is 12.6. The third-order valence-electron chi connectivity index (χ3n) is 3.83. The van der Waals surface area contributed by atoms with E-state index in [1.165, 1.54) is 4.90 Å². The van der Waals surface area contributed by atoms with Gasteiger partial charge in [0.2, 0.25) is 0 Å². The van der Waals surface area contributed by atoms with Crippen LogP contribution in [0.3, 0.4) is 0 Å². The number of hydrogen-bond acceptors (Lipinski definition) is 4. The van der Waals surface area contributed by atoms with Crippen LogP contribution in [0.2, 0.25) is 0 Å². The van der Waals surface area contributed by atoms with Crippen LogP contribution in [0.5, 0.6) is 0 Å². The van der Waals surface area contributed by atoms with Crippen molar-refractivity contribution < 1.29 is 0 Å². The molecule has 0 unspecified atom stereocenters. The van der Waals surface area contributed by atoms with Crippen molar-refractivity contribution in [2.45, 2.75) is 25.7 Å². The molecular weight excluding hydrogens is 280 g/mol.